The fourth-order valence-electron chi connectivity index (χ4n) is 4.94. The molecule has 2 saturated heterocycles. The Hall–Kier alpha value is -2.51. The first-order valence-electron chi connectivity index (χ1n) is 12.0. The maximum absolute atomic E-state index is 13.1. The lowest BCUT2D eigenvalue weighted by Crippen LogP contribution is -2.68. The molecule has 2 fully saturated rings. The van der Waals surface area contributed by atoms with Gasteiger partial charge in [0.05, 0.1) is 19.3 Å². The third-order valence-electron chi connectivity index (χ3n) is 6.95. The van der Waals surface area contributed by atoms with E-state index in [9.17, 15) is 4.79 Å². The van der Waals surface area contributed by atoms with Gasteiger partial charge in [-0.1, -0.05) is 60.7 Å². The lowest BCUT2D eigenvalue weighted by atomic mass is 9.78. The molecule has 3 aliphatic heterocycles. The minimum absolute atomic E-state index is 0.0613. The number of fused-ring (bicyclic) bond motifs is 2. The number of carbonyl (C=O) groups is 1. The molecule has 0 amide bonds. The summed E-state index contributed by atoms with van der Waals surface area (Å²) in [6.07, 6.45) is 2.47. The van der Waals surface area contributed by atoms with Crippen LogP contribution in [-0.4, -0.2) is 42.4 Å². The van der Waals surface area contributed by atoms with Crippen LogP contribution in [0.3, 0.4) is 0 Å². The maximum atomic E-state index is 13.1. The van der Waals surface area contributed by atoms with Gasteiger partial charge in [-0.25, -0.2) is 0 Å². The second-order valence-electron chi connectivity index (χ2n) is 9.66. The van der Waals surface area contributed by atoms with Crippen molar-refractivity contribution in [2.24, 2.45) is 0 Å². The van der Waals surface area contributed by atoms with Crippen molar-refractivity contribution >= 4 is 5.78 Å². The number of allylic oxidation sites excluding steroid dienone is 1. The Morgan fingerprint density at radius 3 is 2.50 bits per heavy atom. The van der Waals surface area contributed by atoms with E-state index >= 15 is 0 Å². The summed E-state index contributed by atoms with van der Waals surface area (Å²) in [4.78, 5) is 13.1. The van der Waals surface area contributed by atoms with Crippen molar-refractivity contribution in [2.45, 2.75) is 69.4 Å². The van der Waals surface area contributed by atoms with Crippen molar-refractivity contribution in [3.8, 4) is 0 Å². The van der Waals surface area contributed by atoms with Gasteiger partial charge < -0.3 is 23.7 Å². The summed E-state index contributed by atoms with van der Waals surface area (Å²) in [5.41, 5.74) is 0.348. The average molecular weight is 465 g/mol. The Labute approximate surface area is 200 Å². The van der Waals surface area contributed by atoms with E-state index in [0.717, 1.165) is 17.5 Å². The molecule has 0 radical (unpaired) electrons. The van der Waals surface area contributed by atoms with Gasteiger partial charge in [-0.15, -0.1) is 0 Å². The van der Waals surface area contributed by atoms with Crippen LogP contribution in [0.2, 0.25) is 0 Å². The van der Waals surface area contributed by atoms with E-state index in [1.54, 1.807) is 6.08 Å². The van der Waals surface area contributed by atoms with E-state index in [4.69, 9.17) is 23.7 Å². The fourth-order valence-corrected chi connectivity index (χ4v) is 4.94. The molecular weight excluding hydrogens is 432 g/mol. The molecule has 3 heterocycles. The zero-order chi connectivity index (χ0) is 23.6. The molecule has 6 nitrogen and oxygen atoms in total. The van der Waals surface area contributed by atoms with Gasteiger partial charge in [0.2, 0.25) is 0 Å². The van der Waals surface area contributed by atoms with Crippen molar-refractivity contribution in [3.05, 3.63) is 83.6 Å². The number of hydrogen-bond donors (Lipinski definition) is 0. The van der Waals surface area contributed by atoms with Gasteiger partial charge in [0.25, 0.3) is 0 Å². The average Bonchev–Trinajstić information content (AvgIpc) is 2.84. The summed E-state index contributed by atoms with van der Waals surface area (Å²) in [5, 5.41) is 0. The van der Waals surface area contributed by atoms with Gasteiger partial charge in [-0.05, 0) is 25.8 Å². The molecule has 0 aliphatic carbocycles. The molecule has 34 heavy (non-hydrogen) atoms. The molecule has 0 bridgehead atoms. The van der Waals surface area contributed by atoms with Crippen molar-refractivity contribution in [2.75, 3.05) is 13.2 Å². The minimum atomic E-state index is -1.05. The summed E-state index contributed by atoms with van der Waals surface area (Å²) in [5.74, 6) is 0.628. The smallest absolute Gasteiger partial charge is 0.194 e. The molecule has 0 N–H and O–H groups in total. The highest BCUT2D eigenvalue weighted by Gasteiger charge is 2.60. The second kappa shape index (κ2) is 9.62. The van der Waals surface area contributed by atoms with Gasteiger partial charge in [-0.3, -0.25) is 4.79 Å². The molecule has 0 spiro atoms. The second-order valence-corrected chi connectivity index (χ2v) is 9.66. The topological polar surface area (TPSA) is 63.2 Å². The van der Waals surface area contributed by atoms with Gasteiger partial charge in [0.1, 0.15) is 17.5 Å². The predicted molar refractivity (Wildman–Crippen MR) is 126 cm³/mol. The molecule has 5 atom stereocenters. The third kappa shape index (κ3) is 4.68. The van der Waals surface area contributed by atoms with E-state index in [2.05, 4.69) is 0 Å². The monoisotopic (exact) mass is 464 g/mol. The van der Waals surface area contributed by atoms with E-state index in [-0.39, 0.29) is 11.9 Å². The van der Waals surface area contributed by atoms with Crippen LogP contribution in [0.15, 0.2) is 72.5 Å². The normalized spacial score (nSPS) is 32.8. The highest BCUT2D eigenvalue weighted by molar-refractivity contribution is 5.98. The Kier molecular flexibility index (Phi) is 6.58. The summed E-state index contributed by atoms with van der Waals surface area (Å²) in [6.45, 7) is 5.30. The first-order valence-corrected chi connectivity index (χ1v) is 12.0. The quantitative estimate of drug-likeness (QED) is 0.544. The molecule has 180 valence electrons. The van der Waals surface area contributed by atoms with Crippen molar-refractivity contribution < 1.29 is 28.5 Å². The van der Waals surface area contributed by atoms with E-state index in [0.29, 0.717) is 38.4 Å². The van der Waals surface area contributed by atoms with Crippen LogP contribution in [0, 0.1) is 0 Å². The van der Waals surface area contributed by atoms with Crippen LogP contribution in [0.25, 0.3) is 0 Å². The van der Waals surface area contributed by atoms with Crippen molar-refractivity contribution in [1.29, 1.82) is 0 Å². The molecule has 3 aliphatic rings. The largest absolute Gasteiger partial charge is 0.491 e. The molecule has 0 unspecified atom stereocenters. The third-order valence-corrected chi connectivity index (χ3v) is 6.95. The number of rotatable bonds is 7. The lowest BCUT2D eigenvalue weighted by Gasteiger charge is -2.55. The Morgan fingerprint density at radius 1 is 1.00 bits per heavy atom. The Balaban J connectivity index is 1.19. The van der Waals surface area contributed by atoms with Crippen LogP contribution in [-0.2, 0) is 35.1 Å². The summed E-state index contributed by atoms with van der Waals surface area (Å²) in [7, 11) is 0. The highest BCUT2D eigenvalue weighted by atomic mass is 16.7. The molecule has 0 saturated carbocycles. The maximum Gasteiger partial charge on any atom is 0.194 e. The van der Waals surface area contributed by atoms with Crippen LogP contribution >= 0.6 is 0 Å². The summed E-state index contributed by atoms with van der Waals surface area (Å²) >= 11 is 0. The zero-order valence-corrected chi connectivity index (χ0v) is 19.8. The number of carbonyl (C=O) groups excluding carboxylic acids is 1. The van der Waals surface area contributed by atoms with Gasteiger partial charge in [0.15, 0.2) is 17.7 Å². The van der Waals surface area contributed by atoms with E-state index < -0.39 is 23.6 Å². The number of hydrogen-bond acceptors (Lipinski definition) is 6. The zero-order valence-electron chi connectivity index (χ0n) is 19.8. The van der Waals surface area contributed by atoms with Crippen LogP contribution in [0.1, 0.15) is 50.5 Å². The molecule has 6 heteroatoms. The van der Waals surface area contributed by atoms with Crippen LogP contribution in [0.4, 0.5) is 0 Å². The number of ether oxygens (including phenoxy) is 5. The summed E-state index contributed by atoms with van der Waals surface area (Å²) in [6, 6.07) is 20.0. The first kappa shape index (κ1) is 23.2. The van der Waals surface area contributed by atoms with Crippen LogP contribution in [0.5, 0.6) is 0 Å². The SMILES string of the molecule is C[C@@]12CO[C@@H](c3ccccc3)O[C@H]1C[C@H]1OC(CCCOCc3ccccc3)=CC(=O)[C@]1(C)O2. The number of benzene rings is 2. The van der Waals surface area contributed by atoms with Crippen LogP contribution < -0.4 is 0 Å². The molecule has 2 aromatic rings. The van der Waals surface area contributed by atoms with Gasteiger partial charge in [-0.2, -0.15) is 0 Å². The molecular formula is C28H32O6. The Bertz CT molecular complexity index is 1020. The standard InChI is InChI=1S/C28H32O6/c1-27-19-31-26(21-12-7-4-8-13-21)33-24(27)17-25-28(2,34-27)23(29)16-22(32-25)14-9-15-30-18-20-10-5-3-6-11-20/h3-8,10-13,16,24-26H,9,14-15,17-19H2,1-2H3/t24-,25+,26+,27+,28-/m0/s1. The molecule has 5 rings (SSSR count). The van der Waals surface area contributed by atoms with Crippen molar-refractivity contribution in [3.63, 3.8) is 0 Å². The first-order chi connectivity index (χ1) is 16.5. The van der Waals surface area contributed by atoms with Crippen molar-refractivity contribution in [1.82, 2.24) is 0 Å². The lowest BCUT2D eigenvalue weighted by molar-refractivity contribution is -0.351. The fraction of sp³-hybridized carbons (Fsp3) is 0.464. The van der Waals surface area contributed by atoms with Gasteiger partial charge >= 0.3 is 0 Å². The van der Waals surface area contributed by atoms with E-state index in [1.165, 1.54) is 0 Å². The molecule has 0 aromatic heterocycles. The number of ketones is 1. The minimum Gasteiger partial charge on any atom is -0.491 e. The Morgan fingerprint density at radius 2 is 1.74 bits per heavy atom. The summed E-state index contributed by atoms with van der Waals surface area (Å²) < 4.78 is 30.8. The van der Waals surface area contributed by atoms with Gasteiger partial charge in [0, 0.05) is 31.1 Å². The molecule has 2 aromatic carbocycles. The highest BCUT2D eigenvalue weighted by Crippen LogP contribution is 2.46. The predicted octanol–water partition coefficient (Wildman–Crippen LogP) is 4.89. The van der Waals surface area contributed by atoms with E-state index in [1.807, 2.05) is 74.5 Å².